The first kappa shape index (κ1) is 31.5. The number of benzene rings is 9. The van der Waals surface area contributed by atoms with Crippen molar-refractivity contribution in [2.75, 3.05) is 0 Å². The first-order valence-corrected chi connectivity index (χ1v) is 18.3. The average molecular weight is 688 g/mol. The van der Waals surface area contributed by atoms with Crippen LogP contribution in [0.15, 0.2) is 200 Å². The van der Waals surface area contributed by atoms with Gasteiger partial charge in [0.25, 0.3) is 0 Å². The Morgan fingerprint density at radius 1 is 0.185 bits per heavy atom. The van der Waals surface area contributed by atoms with Crippen molar-refractivity contribution < 1.29 is 0 Å². The largest absolute Gasteiger partial charge is 0.208 e. The van der Waals surface area contributed by atoms with Gasteiger partial charge in [-0.05, 0) is 90.0 Å². The van der Waals surface area contributed by atoms with E-state index in [4.69, 9.17) is 15.0 Å². The molecule has 0 saturated heterocycles. The van der Waals surface area contributed by atoms with Crippen LogP contribution < -0.4 is 0 Å². The fourth-order valence-electron chi connectivity index (χ4n) is 7.63. The lowest BCUT2D eigenvalue weighted by molar-refractivity contribution is 1.07. The summed E-state index contributed by atoms with van der Waals surface area (Å²) in [5.41, 5.74) is 9.57. The van der Waals surface area contributed by atoms with Gasteiger partial charge in [0.2, 0.25) is 0 Å². The van der Waals surface area contributed by atoms with Crippen molar-refractivity contribution in [2.45, 2.75) is 0 Å². The standard InChI is InChI=1S/C51H33N3/c1-3-14-34(15-4-1)36-18-11-21-40(30-36)49-52-50(41-22-12-19-37(31-41)35-16-5-2-6-17-35)54-51(53-49)42-23-13-20-38(32-42)39-28-29-47-45-26-8-7-24-43(45)44-25-9-10-27-46(44)48(47)33-39/h1-33H. The summed E-state index contributed by atoms with van der Waals surface area (Å²) in [6.45, 7) is 0. The number of hydrogen-bond acceptors (Lipinski definition) is 3. The Kier molecular flexibility index (Phi) is 7.81. The van der Waals surface area contributed by atoms with E-state index in [1.54, 1.807) is 0 Å². The van der Waals surface area contributed by atoms with Crippen LogP contribution in [0.3, 0.4) is 0 Å². The lowest BCUT2D eigenvalue weighted by Crippen LogP contribution is -2.00. The molecule has 0 bridgehead atoms. The van der Waals surface area contributed by atoms with Crippen LogP contribution >= 0.6 is 0 Å². The first-order valence-electron chi connectivity index (χ1n) is 18.3. The van der Waals surface area contributed by atoms with E-state index in [-0.39, 0.29) is 0 Å². The van der Waals surface area contributed by atoms with Gasteiger partial charge < -0.3 is 0 Å². The van der Waals surface area contributed by atoms with E-state index in [9.17, 15) is 0 Å². The van der Waals surface area contributed by atoms with Gasteiger partial charge >= 0.3 is 0 Å². The van der Waals surface area contributed by atoms with Gasteiger partial charge in [-0.2, -0.15) is 0 Å². The molecule has 1 heterocycles. The van der Waals surface area contributed by atoms with Crippen LogP contribution in [-0.2, 0) is 0 Å². The van der Waals surface area contributed by atoms with Crippen molar-refractivity contribution in [1.29, 1.82) is 0 Å². The van der Waals surface area contributed by atoms with Gasteiger partial charge in [-0.3, -0.25) is 0 Å². The smallest absolute Gasteiger partial charge is 0.164 e. The highest BCUT2D eigenvalue weighted by atomic mass is 15.0. The van der Waals surface area contributed by atoms with Crippen LogP contribution in [-0.4, -0.2) is 15.0 Å². The molecule has 0 aliphatic heterocycles. The highest BCUT2D eigenvalue weighted by Crippen LogP contribution is 2.38. The fourth-order valence-corrected chi connectivity index (χ4v) is 7.63. The Morgan fingerprint density at radius 2 is 0.481 bits per heavy atom. The second-order valence-corrected chi connectivity index (χ2v) is 13.6. The summed E-state index contributed by atoms with van der Waals surface area (Å²) in [6, 6.07) is 70.6. The Bertz CT molecular complexity index is 2850. The summed E-state index contributed by atoms with van der Waals surface area (Å²) in [4.78, 5) is 15.4. The molecule has 10 aromatic rings. The maximum atomic E-state index is 5.15. The van der Waals surface area contributed by atoms with Crippen LogP contribution in [0.4, 0.5) is 0 Å². The SMILES string of the molecule is c1ccc(-c2cccc(-c3nc(-c4cccc(-c5ccccc5)c4)nc(-c4cccc(-c5ccc6c7ccccc7c7ccccc7c6c5)c4)n3)c2)cc1. The monoisotopic (exact) mass is 687 g/mol. The molecule has 54 heavy (non-hydrogen) atoms. The Balaban J connectivity index is 1.12. The fraction of sp³-hybridized carbons (Fsp3) is 0. The Morgan fingerprint density at radius 3 is 0.907 bits per heavy atom. The molecule has 1 aromatic heterocycles. The Hall–Kier alpha value is -7.23. The second-order valence-electron chi connectivity index (χ2n) is 13.6. The van der Waals surface area contributed by atoms with E-state index < -0.39 is 0 Å². The van der Waals surface area contributed by atoms with Crippen molar-refractivity contribution >= 4 is 32.3 Å². The van der Waals surface area contributed by atoms with Crippen molar-refractivity contribution in [3.05, 3.63) is 200 Å². The van der Waals surface area contributed by atoms with Crippen LogP contribution in [0.1, 0.15) is 0 Å². The number of fused-ring (bicyclic) bond motifs is 6. The zero-order valence-electron chi connectivity index (χ0n) is 29.4. The third-order valence-electron chi connectivity index (χ3n) is 10.3. The highest BCUT2D eigenvalue weighted by molar-refractivity contribution is 6.25. The summed E-state index contributed by atoms with van der Waals surface area (Å²) < 4.78 is 0. The molecular formula is C51H33N3. The normalized spacial score (nSPS) is 11.3. The van der Waals surface area contributed by atoms with Crippen molar-refractivity contribution in [3.63, 3.8) is 0 Å². The number of aromatic nitrogens is 3. The molecule has 0 spiro atoms. The average Bonchev–Trinajstić information content (AvgIpc) is 3.27. The van der Waals surface area contributed by atoms with E-state index in [2.05, 4.69) is 188 Å². The molecule has 0 N–H and O–H groups in total. The molecule has 252 valence electrons. The zero-order chi connectivity index (χ0) is 35.8. The van der Waals surface area contributed by atoms with E-state index in [1.165, 1.54) is 32.3 Å². The van der Waals surface area contributed by atoms with Gasteiger partial charge in [0, 0.05) is 16.7 Å². The molecule has 10 rings (SSSR count). The molecule has 0 aliphatic rings. The summed E-state index contributed by atoms with van der Waals surface area (Å²) >= 11 is 0. The summed E-state index contributed by atoms with van der Waals surface area (Å²) in [6.07, 6.45) is 0. The van der Waals surface area contributed by atoms with Crippen molar-refractivity contribution in [2.24, 2.45) is 0 Å². The van der Waals surface area contributed by atoms with E-state index in [0.717, 1.165) is 50.1 Å². The lowest BCUT2D eigenvalue weighted by atomic mass is 9.92. The highest BCUT2D eigenvalue weighted by Gasteiger charge is 2.15. The third kappa shape index (κ3) is 5.78. The van der Waals surface area contributed by atoms with Gasteiger partial charge in [0.1, 0.15) is 0 Å². The summed E-state index contributed by atoms with van der Waals surface area (Å²) in [7, 11) is 0. The van der Waals surface area contributed by atoms with Crippen molar-refractivity contribution in [1.82, 2.24) is 15.0 Å². The van der Waals surface area contributed by atoms with Crippen LogP contribution in [0.5, 0.6) is 0 Å². The number of rotatable bonds is 6. The molecular weight excluding hydrogens is 655 g/mol. The minimum atomic E-state index is 0.629. The zero-order valence-corrected chi connectivity index (χ0v) is 29.4. The number of hydrogen-bond donors (Lipinski definition) is 0. The van der Waals surface area contributed by atoms with Gasteiger partial charge in [-0.25, -0.2) is 15.0 Å². The van der Waals surface area contributed by atoms with Crippen LogP contribution in [0.2, 0.25) is 0 Å². The van der Waals surface area contributed by atoms with Gasteiger partial charge in [-0.1, -0.05) is 176 Å². The number of nitrogens with zero attached hydrogens (tertiary/aromatic N) is 3. The lowest BCUT2D eigenvalue weighted by Gasteiger charge is -2.13. The maximum Gasteiger partial charge on any atom is 0.164 e. The first-order chi connectivity index (χ1) is 26.7. The van der Waals surface area contributed by atoms with Crippen LogP contribution in [0.25, 0.3) is 99.9 Å². The molecule has 0 unspecified atom stereocenters. The second kappa shape index (κ2) is 13.4. The minimum absolute atomic E-state index is 0.629. The molecule has 0 radical (unpaired) electrons. The molecule has 3 heteroatoms. The minimum Gasteiger partial charge on any atom is -0.208 e. The van der Waals surface area contributed by atoms with E-state index in [1.807, 2.05) is 12.1 Å². The van der Waals surface area contributed by atoms with Crippen LogP contribution in [0, 0.1) is 0 Å². The van der Waals surface area contributed by atoms with Gasteiger partial charge in [0.15, 0.2) is 17.5 Å². The topological polar surface area (TPSA) is 38.7 Å². The van der Waals surface area contributed by atoms with E-state index in [0.29, 0.717) is 17.5 Å². The predicted molar refractivity (Wildman–Crippen MR) is 225 cm³/mol. The molecule has 0 saturated carbocycles. The quantitative estimate of drug-likeness (QED) is 0.163. The van der Waals surface area contributed by atoms with Crippen molar-refractivity contribution in [3.8, 4) is 67.5 Å². The molecule has 9 aromatic carbocycles. The maximum absolute atomic E-state index is 5.15. The summed E-state index contributed by atoms with van der Waals surface area (Å²) in [5, 5.41) is 7.57. The van der Waals surface area contributed by atoms with E-state index >= 15 is 0 Å². The summed E-state index contributed by atoms with van der Waals surface area (Å²) in [5.74, 6) is 1.89. The molecule has 0 atom stereocenters. The van der Waals surface area contributed by atoms with Gasteiger partial charge in [-0.15, -0.1) is 0 Å². The molecule has 3 nitrogen and oxygen atoms in total. The molecule has 0 amide bonds. The van der Waals surface area contributed by atoms with Gasteiger partial charge in [0.05, 0.1) is 0 Å². The predicted octanol–water partition coefficient (Wildman–Crippen LogP) is 13.3. The molecule has 0 aliphatic carbocycles. The third-order valence-corrected chi connectivity index (χ3v) is 10.3. The Labute approximate surface area is 313 Å². The molecule has 0 fully saturated rings.